The normalized spacial score (nSPS) is 23.5. The SMILES string of the molecule is CN(CC(C)(C)C#N)C1CCOC1. The van der Waals surface area contributed by atoms with Gasteiger partial charge in [0.05, 0.1) is 18.1 Å². The lowest BCUT2D eigenvalue weighted by Crippen LogP contribution is -2.38. The van der Waals surface area contributed by atoms with Crippen LogP contribution < -0.4 is 0 Å². The van der Waals surface area contributed by atoms with Gasteiger partial charge in [0.15, 0.2) is 0 Å². The van der Waals surface area contributed by atoms with E-state index < -0.39 is 0 Å². The fraction of sp³-hybridized carbons (Fsp3) is 0.900. The minimum absolute atomic E-state index is 0.253. The van der Waals surface area contributed by atoms with Gasteiger partial charge in [0.2, 0.25) is 0 Å². The summed E-state index contributed by atoms with van der Waals surface area (Å²) in [6.45, 7) is 6.44. The second-order valence-electron chi connectivity index (χ2n) is 4.43. The van der Waals surface area contributed by atoms with E-state index in [-0.39, 0.29) is 5.41 Å². The quantitative estimate of drug-likeness (QED) is 0.659. The Morgan fingerprint density at radius 3 is 2.77 bits per heavy atom. The maximum Gasteiger partial charge on any atom is 0.0697 e. The predicted octanol–water partition coefficient (Wildman–Crippen LogP) is 1.26. The Kier molecular flexibility index (Phi) is 3.29. The van der Waals surface area contributed by atoms with Crippen LogP contribution in [0, 0.1) is 16.7 Å². The largest absolute Gasteiger partial charge is 0.380 e. The van der Waals surface area contributed by atoms with Crippen molar-refractivity contribution in [2.45, 2.75) is 26.3 Å². The molecule has 0 amide bonds. The highest BCUT2D eigenvalue weighted by atomic mass is 16.5. The highest BCUT2D eigenvalue weighted by molar-refractivity contribution is 4.94. The molecule has 0 aromatic carbocycles. The summed E-state index contributed by atoms with van der Waals surface area (Å²) in [5.74, 6) is 0. The van der Waals surface area contributed by atoms with Crippen molar-refractivity contribution in [3.05, 3.63) is 0 Å². The highest BCUT2D eigenvalue weighted by Gasteiger charge is 2.26. The molecule has 0 aromatic heterocycles. The molecule has 1 aliphatic rings. The first kappa shape index (κ1) is 10.5. The van der Waals surface area contributed by atoms with Crippen molar-refractivity contribution in [1.29, 1.82) is 5.26 Å². The van der Waals surface area contributed by atoms with Crippen LogP contribution in [0.25, 0.3) is 0 Å². The first-order valence-corrected chi connectivity index (χ1v) is 4.74. The number of likely N-dealkylation sites (N-methyl/N-ethyl adjacent to an activating group) is 1. The van der Waals surface area contributed by atoms with Crippen LogP contribution in [0.5, 0.6) is 0 Å². The smallest absolute Gasteiger partial charge is 0.0697 e. The molecule has 74 valence electrons. The van der Waals surface area contributed by atoms with Crippen LogP contribution >= 0.6 is 0 Å². The molecule has 1 unspecified atom stereocenters. The van der Waals surface area contributed by atoms with E-state index in [2.05, 4.69) is 18.0 Å². The Morgan fingerprint density at radius 2 is 2.31 bits per heavy atom. The summed E-state index contributed by atoms with van der Waals surface area (Å²) in [4.78, 5) is 2.23. The van der Waals surface area contributed by atoms with Gasteiger partial charge in [-0.1, -0.05) is 0 Å². The Labute approximate surface area is 80.3 Å². The van der Waals surface area contributed by atoms with E-state index in [1.54, 1.807) is 0 Å². The molecule has 1 heterocycles. The van der Waals surface area contributed by atoms with Gasteiger partial charge in [0, 0.05) is 19.2 Å². The third-order valence-corrected chi connectivity index (χ3v) is 2.48. The molecule has 3 heteroatoms. The van der Waals surface area contributed by atoms with E-state index in [1.165, 1.54) is 0 Å². The van der Waals surface area contributed by atoms with Crippen LogP contribution in [0.15, 0.2) is 0 Å². The Bertz CT molecular complexity index is 201. The summed E-state index contributed by atoms with van der Waals surface area (Å²) in [5, 5.41) is 8.88. The number of nitrogens with zero attached hydrogens (tertiary/aromatic N) is 2. The maximum absolute atomic E-state index is 8.88. The van der Waals surface area contributed by atoms with E-state index >= 15 is 0 Å². The summed E-state index contributed by atoms with van der Waals surface area (Å²) in [6.07, 6.45) is 1.10. The van der Waals surface area contributed by atoms with Gasteiger partial charge in [0.1, 0.15) is 0 Å². The molecule has 3 nitrogen and oxygen atoms in total. The number of rotatable bonds is 3. The maximum atomic E-state index is 8.88. The van der Waals surface area contributed by atoms with Crippen LogP contribution in [-0.4, -0.2) is 37.7 Å². The highest BCUT2D eigenvalue weighted by Crippen LogP contribution is 2.18. The zero-order chi connectivity index (χ0) is 9.90. The lowest BCUT2D eigenvalue weighted by Gasteiger charge is -2.28. The van der Waals surface area contributed by atoms with Gasteiger partial charge in [-0.3, -0.25) is 4.90 Å². The van der Waals surface area contributed by atoms with Gasteiger partial charge >= 0.3 is 0 Å². The second-order valence-corrected chi connectivity index (χ2v) is 4.43. The molecule has 1 rings (SSSR count). The molecule has 0 aliphatic carbocycles. The molecule has 0 N–H and O–H groups in total. The summed E-state index contributed by atoms with van der Waals surface area (Å²) in [7, 11) is 2.07. The number of nitriles is 1. The standard InChI is InChI=1S/C10H18N2O/c1-10(2,7-11)8-12(3)9-4-5-13-6-9/h9H,4-6,8H2,1-3H3. The number of ether oxygens (including phenoxy) is 1. The molecule has 0 aromatic rings. The molecule has 1 atom stereocenters. The monoisotopic (exact) mass is 182 g/mol. The molecular formula is C10H18N2O. The van der Waals surface area contributed by atoms with Gasteiger partial charge in [-0.05, 0) is 27.3 Å². The average Bonchev–Trinajstić information content (AvgIpc) is 2.55. The Balaban J connectivity index is 2.40. The fourth-order valence-corrected chi connectivity index (χ4v) is 1.66. The van der Waals surface area contributed by atoms with Crippen molar-refractivity contribution in [2.24, 2.45) is 5.41 Å². The van der Waals surface area contributed by atoms with Crippen LogP contribution in [0.2, 0.25) is 0 Å². The third kappa shape index (κ3) is 2.98. The lowest BCUT2D eigenvalue weighted by molar-refractivity contribution is 0.143. The molecular weight excluding hydrogens is 164 g/mol. The summed E-state index contributed by atoms with van der Waals surface area (Å²) in [6, 6.07) is 2.82. The van der Waals surface area contributed by atoms with E-state index in [1.807, 2.05) is 13.8 Å². The topological polar surface area (TPSA) is 36.3 Å². The molecule has 0 saturated carbocycles. The molecule has 1 aliphatic heterocycles. The van der Waals surface area contributed by atoms with Crippen molar-refractivity contribution in [3.63, 3.8) is 0 Å². The molecule has 1 fully saturated rings. The molecule has 1 saturated heterocycles. The van der Waals surface area contributed by atoms with Crippen molar-refractivity contribution in [2.75, 3.05) is 26.8 Å². The average molecular weight is 182 g/mol. The predicted molar refractivity (Wildman–Crippen MR) is 51.2 cm³/mol. The zero-order valence-corrected chi connectivity index (χ0v) is 8.71. The summed E-state index contributed by atoms with van der Waals surface area (Å²) >= 11 is 0. The minimum Gasteiger partial charge on any atom is -0.380 e. The third-order valence-electron chi connectivity index (χ3n) is 2.48. The molecule has 0 spiro atoms. The van der Waals surface area contributed by atoms with E-state index in [4.69, 9.17) is 10.00 Å². The van der Waals surface area contributed by atoms with Gasteiger partial charge < -0.3 is 4.74 Å². The molecule has 0 bridgehead atoms. The Morgan fingerprint density at radius 1 is 1.62 bits per heavy atom. The van der Waals surface area contributed by atoms with Gasteiger partial charge in [-0.15, -0.1) is 0 Å². The number of hydrogen-bond donors (Lipinski definition) is 0. The van der Waals surface area contributed by atoms with Gasteiger partial charge in [-0.2, -0.15) is 5.26 Å². The molecule has 0 radical (unpaired) electrons. The minimum atomic E-state index is -0.253. The first-order chi connectivity index (χ1) is 6.05. The summed E-state index contributed by atoms with van der Waals surface area (Å²) in [5.41, 5.74) is -0.253. The molecule has 13 heavy (non-hydrogen) atoms. The zero-order valence-electron chi connectivity index (χ0n) is 8.71. The van der Waals surface area contributed by atoms with E-state index in [0.717, 1.165) is 26.2 Å². The fourth-order valence-electron chi connectivity index (χ4n) is 1.66. The first-order valence-electron chi connectivity index (χ1n) is 4.74. The van der Waals surface area contributed by atoms with Crippen LogP contribution in [0.4, 0.5) is 0 Å². The lowest BCUT2D eigenvalue weighted by atomic mass is 9.94. The van der Waals surface area contributed by atoms with E-state index in [0.29, 0.717) is 6.04 Å². The van der Waals surface area contributed by atoms with Gasteiger partial charge in [-0.25, -0.2) is 0 Å². The van der Waals surface area contributed by atoms with Crippen LogP contribution in [0.1, 0.15) is 20.3 Å². The van der Waals surface area contributed by atoms with Gasteiger partial charge in [0.25, 0.3) is 0 Å². The van der Waals surface area contributed by atoms with Crippen molar-refractivity contribution >= 4 is 0 Å². The van der Waals surface area contributed by atoms with Crippen LogP contribution in [0.3, 0.4) is 0 Å². The van der Waals surface area contributed by atoms with Crippen molar-refractivity contribution in [3.8, 4) is 6.07 Å². The van der Waals surface area contributed by atoms with Crippen molar-refractivity contribution < 1.29 is 4.74 Å². The van der Waals surface area contributed by atoms with Crippen LogP contribution in [-0.2, 0) is 4.74 Å². The number of hydrogen-bond acceptors (Lipinski definition) is 3. The summed E-state index contributed by atoms with van der Waals surface area (Å²) < 4.78 is 5.30. The Hall–Kier alpha value is -0.590. The second kappa shape index (κ2) is 4.08. The van der Waals surface area contributed by atoms with E-state index in [9.17, 15) is 0 Å². The van der Waals surface area contributed by atoms with Crippen molar-refractivity contribution in [1.82, 2.24) is 4.90 Å².